The van der Waals surface area contributed by atoms with Gasteiger partial charge in [0.25, 0.3) is 5.91 Å². The van der Waals surface area contributed by atoms with E-state index in [-0.39, 0.29) is 30.2 Å². The molecule has 1 heterocycles. The Bertz CT molecular complexity index is 804. The first-order chi connectivity index (χ1) is 13.6. The normalized spacial score (nSPS) is 15.2. The van der Waals surface area contributed by atoms with E-state index in [9.17, 15) is 14.0 Å². The molecule has 0 N–H and O–H groups in total. The maximum Gasteiger partial charge on any atom is 0.313 e. The Morgan fingerprint density at radius 2 is 1.64 bits per heavy atom. The summed E-state index contributed by atoms with van der Waals surface area (Å²) in [5.41, 5.74) is 1.44. The van der Waals surface area contributed by atoms with Gasteiger partial charge >= 0.3 is 5.97 Å². The average Bonchev–Trinajstić information content (AvgIpc) is 2.74. The summed E-state index contributed by atoms with van der Waals surface area (Å²) in [4.78, 5) is 28.4. The lowest BCUT2D eigenvalue weighted by atomic mass is 9.97. The molecule has 1 aliphatic rings. The van der Waals surface area contributed by atoms with E-state index < -0.39 is 0 Å². The molecule has 0 aromatic heterocycles. The van der Waals surface area contributed by atoms with Crippen molar-refractivity contribution in [1.82, 2.24) is 4.90 Å². The van der Waals surface area contributed by atoms with E-state index in [4.69, 9.17) is 4.74 Å². The monoisotopic (exact) mass is 384 g/mol. The van der Waals surface area contributed by atoms with Crippen molar-refractivity contribution >= 4 is 17.6 Å². The summed E-state index contributed by atoms with van der Waals surface area (Å²) in [5, 5.41) is 0. The molecule has 1 atom stereocenters. The number of anilines is 1. The van der Waals surface area contributed by atoms with Crippen LogP contribution >= 0.6 is 0 Å². The smallest absolute Gasteiger partial charge is 0.313 e. The number of carbonyl (C=O) groups excluding carboxylic acids is 2. The van der Waals surface area contributed by atoms with Crippen molar-refractivity contribution in [2.45, 2.75) is 19.3 Å². The summed E-state index contributed by atoms with van der Waals surface area (Å²) in [6.45, 7) is 3.69. The first kappa shape index (κ1) is 19.9. The number of piperazine rings is 1. The molecule has 0 aliphatic carbocycles. The van der Waals surface area contributed by atoms with Crippen molar-refractivity contribution in [3.8, 4) is 0 Å². The number of halogens is 1. The Morgan fingerprint density at radius 3 is 2.29 bits per heavy atom. The van der Waals surface area contributed by atoms with Gasteiger partial charge in [-0.15, -0.1) is 0 Å². The Balaban J connectivity index is 1.49. The molecule has 2 aromatic carbocycles. The van der Waals surface area contributed by atoms with Crippen LogP contribution < -0.4 is 4.90 Å². The van der Waals surface area contributed by atoms with Crippen LogP contribution in [0, 0.1) is 5.82 Å². The molecule has 1 fully saturated rings. The lowest BCUT2D eigenvalue weighted by Crippen LogP contribution is -2.50. The van der Waals surface area contributed by atoms with Gasteiger partial charge in [0.05, 0.1) is 11.6 Å². The molecular formula is C22H25FN2O3. The van der Waals surface area contributed by atoms with Crippen LogP contribution in [0.3, 0.4) is 0 Å². The molecule has 1 amide bonds. The summed E-state index contributed by atoms with van der Waals surface area (Å²) in [6, 6.07) is 16.1. The van der Waals surface area contributed by atoms with Gasteiger partial charge in [0, 0.05) is 26.2 Å². The molecule has 28 heavy (non-hydrogen) atoms. The van der Waals surface area contributed by atoms with Gasteiger partial charge < -0.3 is 14.5 Å². The number of hydrogen-bond acceptors (Lipinski definition) is 4. The fourth-order valence-corrected chi connectivity index (χ4v) is 3.45. The molecule has 2 aromatic rings. The Morgan fingerprint density at radius 1 is 1.00 bits per heavy atom. The topological polar surface area (TPSA) is 49.9 Å². The number of hydrogen-bond donors (Lipinski definition) is 0. The number of ether oxygens (including phenoxy) is 1. The van der Waals surface area contributed by atoms with Gasteiger partial charge in [-0.05, 0) is 24.1 Å². The Hall–Kier alpha value is -2.89. The summed E-state index contributed by atoms with van der Waals surface area (Å²) in [6.07, 6.45) is 0.609. The zero-order valence-corrected chi connectivity index (χ0v) is 16.0. The van der Waals surface area contributed by atoms with E-state index in [1.807, 2.05) is 42.2 Å². The van der Waals surface area contributed by atoms with Crippen LogP contribution in [0.1, 0.15) is 24.8 Å². The molecule has 0 unspecified atom stereocenters. The molecule has 6 heteroatoms. The van der Waals surface area contributed by atoms with Gasteiger partial charge in [-0.3, -0.25) is 9.59 Å². The van der Waals surface area contributed by atoms with Crippen LogP contribution in [-0.4, -0.2) is 49.6 Å². The quantitative estimate of drug-likeness (QED) is 0.718. The third kappa shape index (κ3) is 4.68. The second-order valence-corrected chi connectivity index (χ2v) is 6.80. The molecular weight excluding hydrogens is 359 g/mol. The number of rotatable bonds is 6. The number of carbonyl (C=O) groups is 2. The first-order valence-electron chi connectivity index (χ1n) is 9.59. The zero-order valence-electron chi connectivity index (χ0n) is 16.0. The van der Waals surface area contributed by atoms with E-state index in [1.165, 1.54) is 6.07 Å². The molecule has 0 spiro atoms. The molecule has 148 valence electrons. The lowest BCUT2D eigenvalue weighted by molar-refractivity contribution is -0.153. The van der Waals surface area contributed by atoms with E-state index in [1.54, 1.807) is 23.1 Å². The van der Waals surface area contributed by atoms with Crippen LogP contribution in [0.4, 0.5) is 10.1 Å². The van der Waals surface area contributed by atoms with Gasteiger partial charge in [-0.2, -0.15) is 0 Å². The molecule has 3 rings (SSSR count). The van der Waals surface area contributed by atoms with Crippen molar-refractivity contribution in [2.24, 2.45) is 0 Å². The fourth-order valence-electron chi connectivity index (χ4n) is 3.45. The van der Waals surface area contributed by atoms with Gasteiger partial charge in [0.2, 0.25) is 0 Å². The third-order valence-corrected chi connectivity index (χ3v) is 5.06. The SMILES string of the molecule is CC[C@@H](C(=O)OCC(=O)N1CCN(c2ccccc2F)CC1)c1ccccc1. The highest BCUT2D eigenvalue weighted by atomic mass is 19.1. The van der Waals surface area contributed by atoms with Crippen LogP contribution in [0.2, 0.25) is 0 Å². The van der Waals surface area contributed by atoms with Gasteiger partial charge in [-0.25, -0.2) is 4.39 Å². The highest BCUT2D eigenvalue weighted by Crippen LogP contribution is 2.22. The average molecular weight is 384 g/mol. The van der Waals surface area contributed by atoms with E-state index in [0.29, 0.717) is 38.3 Å². The standard InChI is InChI=1S/C22H25FN2O3/c1-2-18(17-8-4-3-5-9-17)22(27)28-16-21(26)25-14-12-24(13-15-25)20-11-7-6-10-19(20)23/h3-11,18H,2,12-16H2,1H3/t18-/m1/s1. The summed E-state index contributed by atoms with van der Waals surface area (Å²) >= 11 is 0. The maximum atomic E-state index is 13.9. The van der Waals surface area contributed by atoms with Crippen LogP contribution in [0.5, 0.6) is 0 Å². The Kier molecular flexibility index (Phi) is 6.63. The van der Waals surface area contributed by atoms with Crippen LogP contribution in [0.15, 0.2) is 54.6 Å². The maximum absolute atomic E-state index is 13.9. The van der Waals surface area contributed by atoms with Crippen LogP contribution in [0.25, 0.3) is 0 Å². The van der Waals surface area contributed by atoms with Crippen LogP contribution in [-0.2, 0) is 14.3 Å². The highest BCUT2D eigenvalue weighted by molar-refractivity contribution is 5.83. The molecule has 5 nitrogen and oxygen atoms in total. The predicted octanol–water partition coefficient (Wildman–Crippen LogP) is 3.21. The van der Waals surface area contributed by atoms with Crippen molar-refractivity contribution in [1.29, 1.82) is 0 Å². The Labute approximate surface area is 164 Å². The molecule has 0 bridgehead atoms. The molecule has 1 aliphatic heterocycles. The van der Waals surface area contributed by atoms with E-state index >= 15 is 0 Å². The minimum Gasteiger partial charge on any atom is -0.455 e. The van der Waals surface area contributed by atoms with E-state index in [2.05, 4.69) is 0 Å². The lowest BCUT2D eigenvalue weighted by Gasteiger charge is -2.36. The molecule has 0 radical (unpaired) electrons. The second kappa shape index (κ2) is 9.35. The predicted molar refractivity (Wildman–Crippen MR) is 106 cm³/mol. The minimum atomic E-state index is -0.382. The number of para-hydroxylation sites is 1. The summed E-state index contributed by atoms with van der Waals surface area (Å²) < 4.78 is 19.2. The number of nitrogens with zero attached hydrogens (tertiary/aromatic N) is 2. The minimum absolute atomic E-state index is 0.218. The van der Waals surface area contributed by atoms with Gasteiger partial charge in [-0.1, -0.05) is 49.4 Å². The van der Waals surface area contributed by atoms with Crippen molar-refractivity contribution in [3.05, 3.63) is 66.0 Å². The van der Waals surface area contributed by atoms with Crippen molar-refractivity contribution < 1.29 is 18.7 Å². The van der Waals surface area contributed by atoms with Gasteiger partial charge in [0.1, 0.15) is 5.82 Å². The summed E-state index contributed by atoms with van der Waals surface area (Å²) in [5.74, 6) is -1.23. The van der Waals surface area contributed by atoms with Crippen molar-refractivity contribution in [3.63, 3.8) is 0 Å². The third-order valence-electron chi connectivity index (χ3n) is 5.06. The molecule has 0 saturated carbocycles. The number of amides is 1. The number of benzene rings is 2. The zero-order chi connectivity index (χ0) is 19.9. The summed E-state index contributed by atoms with van der Waals surface area (Å²) in [7, 11) is 0. The molecule has 1 saturated heterocycles. The second-order valence-electron chi connectivity index (χ2n) is 6.80. The largest absolute Gasteiger partial charge is 0.455 e. The first-order valence-corrected chi connectivity index (χ1v) is 9.59. The van der Waals surface area contributed by atoms with Crippen molar-refractivity contribution in [2.75, 3.05) is 37.7 Å². The fraction of sp³-hybridized carbons (Fsp3) is 0.364. The van der Waals surface area contributed by atoms with Gasteiger partial charge in [0.15, 0.2) is 6.61 Å². The van der Waals surface area contributed by atoms with E-state index in [0.717, 1.165) is 5.56 Å². The highest BCUT2D eigenvalue weighted by Gasteiger charge is 2.25. The number of esters is 1.